The smallest absolute Gasteiger partial charge is 0.265 e. The van der Waals surface area contributed by atoms with Crippen LogP contribution in [0.4, 0.5) is 5.69 Å². The second kappa shape index (κ2) is 5.81. The molecule has 0 bridgehead atoms. The third-order valence-corrected chi connectivity index (χ3v) is 4.10. The summed E-state index contributed by atoms with van der Waals surface area (Å²) in [5.41, 5.74) is 6.13. The highest BCUT2D eigenvalue weighted by molar-refractivity contribution is 5.97. The Morgan fingerprint density at radius 3 is 2.85 bits per heavy atom. The van der Waals surface area contributed by atoms with E-state index in [2.05, 4.69) is 28.8 Å². The Morgan fingerprint density at radius 1 is 1.25 bits per heavy atom. The van der Waals surface area contributed by atoms with Gasteiger partial charge in [-0.3, -0.25) is 10.2 Å². The minimum atomic E-state index is 0.0232. The van der Waals surface area contributed by atoms with Crippen molar-refractivity contribution in [1.82, 2.24) is 15.3 Å². The molecular weight excluding hydrogens is 252 g/mol. The van der Waals surface area contributed by atoms with Crippen molar-refractivity contribution in [3.63, 3.8) is 0 Å². The SMILES string of the molecule is CN1CCN(NC(=O)c2cccc3c2CCCN3)CC1. The number of hydrazine groups is 1. The third-order valence-electron chi connectivity index (χ3n) is 4.10. The number of carbonyl (C=O) groups excluding carboxylic acids is 1. The Bertz CT molecular complexity index is 495. The predicted octanol–water partition coefficient (Wildman–Crippen LogP) is 0.937. The van der Waals surface area contributed by atoms with Crippen LogP contribution in [0.1, 0.15) is 22.3 Å². The van der Waals surface area contributed by atoms with E-state index in [-0.39, 0.29) is 5.91 Å². The molecule has 1 aromatic carbocycles. The van der Waals surface area contributed by atoms with Crippen molar-refractivity contribution in [3.05, 3.63) is 29.3 Å². The predicted molar refractivity (Wildman–Crippen MR) is 79.8 cm³/mol. The van der Waals surface area contributed by atoms with Crippen LogP contribution >= 0.6 is 0 Å². The second-order valence-electron chi connectivity index (χ2n) is 5.59. The van der Waals surface area contributed by atoms with Crippen molar-refractivity contribution in [2.24, 2.45) is 0 Å². The van der Waals surface area contributed by atoms with Crippen LogP contribution in [0.5, 0.6) is 0 Å². The van der Waals surface area contributed by atoms with E-state index in [0.29, 0.717) is 0 Å². The summed E-state index contributed by atoms with van der Waals surface area (Å²) in [6, 6.07) is 5.94. The van der Waals surface area contributed by atoms with Crippen LogP contribution in [-0.4, -0.2) is 55.6 Å². The summed E-state index contributed by atoms with van der Waals surface area (Å²) in [4.78, 5) is 14.7. The lowest BCUT2D eigenvalue weighted by atomic mass is 9.97. The molecular formula is C15H22N4O. The van der Waals surface area contributed by atoms with E-state index < -0.39 is 0 Å². The lowest BCUT2D eigenvalue weighted by Crippen LogP contribution is -2.52. The number of anilines is 1. The molecule has 5 heteroatoms. The van der Waals surface area contributed by atoms with E-state index in [1.807, 2.05) is 17.1 Å². The summed E-state index contributed by atoms with van der Waals surface area (Å²) in [5.74, 6) is 0.0232. The fourth-order valence-corrected chi connectivity index (χ4v) is 2.84. The molecule has 0 radical (unpaired) electrons. The zero-order chi connectivity index (χ0) is 13.9. The number of benzene rings is 1. The van der Waals surface area contributed by atoms with Gasteiger partial charge < -0.3 is 10.2 Å². The van der Waals surface area contributed by atoms with Crippen LogP contribution in [-0.2, 0) is 6.42 Å². The molecule has 3 rings (SSSR count). The highest BCUT2D eigenvalue weighted by Gasteiger charge is 2.20. The lowest BCUT2D eigenvalue weighted by Gasteiger charge is -2.32. The normalized spacial score (nSPS) is 20.1. The summed E-state index contributed by atoms with van der Waals surface area (Å²) in [6.45, 7) is 4.75. The van der Waals surface area contributed by atoms with Gasteiger partial charge in [0.25, 0.3) is 5.91 Å². The van der Waals surface area contributed by atoms with Crippen molar-refractivity contribution < 1.29 is 4.79 Å². The molecule has 1 saturated heterocycles. The fraction of sp³-hybridized carbons (Fsp3) is 0.533. The van der Waals surface area contributed by atoms with Gasteiger partial charge in [-0.2, -0.15) is 0 Å². The Labute approximate surface area is 119 Å². The maximum absolute atomic E-state index is 12.5. The maximum atomic E-state index is 12.5. The Balaban J connectivity index is 1.71. The summed E-state index contributed by atoms with van der Waals surface area (Å²) in [7, 11) is 2.11. The van der Waals surface area contributed by atoms with E-state index in [1.165, 1.54) is 0 Å². The number of fused-ring (bicyclic) bond motifs is 1. The van der Waals surface area contributed by atoms with E-state index in [0.717, 1.165) is 62.4 Å². The highest BCUT2D eigenvalue weighted by atomic mass is 16.2. The molecule has 20 heavy (non-hydrogen) atoms. The van der Waals surface area contributed by atoms with Gasteiger partial charge in [-0.15, -0.1) is 0 Å². The van der Waals surface area contributed by atoms with Crippen LogP contribution in [0.2, 0.25) is 0 Å². The van der Waals surface area contributed by atoms with Crippen molar-refractivity contribution in [2.45, 2.75) is 12.8 Å². The molecule has 1 aromatic rings. The van der Waals surface area contributed by atoms with Gasteiger partial charge in [0.1, 0.15) is 0 Å². The molecule has 108 valence electrons. The average molecular weight is 274 g/mol. The van der Waals surface area contributed by atoms with Gasteiger partial charge in [0, 0.05) is 44.0 Å². The van der Waals surface area contributed by atoms with Crippen molar-refractivity contribution in [1.29, 1.82) is 0 Å². The third kappa shape index (κ3) is 2.78. The highest BCUT2D eigenvalue weighted by Crippen LogP contribution is 2.25. The molecule has 2 aliphatic heterocycles. The molecule has 2 aliphatic rings. The van der Waals surface area contributed by atoms with Gasteiger partial charge in [0.15, 0.2) is 0 Å². The molecule has 1 fully saturated rings. The zero-order valence-electron chi connectivity index (χ0n) is 12.0. The lowest BCUT2D eigenvalue weighted by molar-refractivity contribution is 0.0661. The van der Waals surface area contributed by atoms with Crippen molar-refractivity contribution in [3.8, 4) is 0 Å². The molecule has 0 spiro atoms. The number of piperazine rings is 1. The standard InChI is InChI=1S/C15H22N4O/c1-18-8-10-19(11-9-18)17-15(20)13-4-2-6-14-12(13)5-3-7-16-14/h2,4,6,16H,3,5,7-11H2,1H3,(H,17,20). The van der Waals surface area contributed by atoms with Gasteiger partial charge in [0.2, 0.25) is 0 Å². The summed E-state index contributed by atoms with van der Waals surface area (Å²) in [6.07, 6.45) is 2.07. The van der Waals surface area contributed by atoms with E-state index in [1.54, 1.807) is 0 Å². The van der Waals surface area contributed by atoms with Crippen LogP contribution in [0.15, 0.2) is 18.2 Å². The van der Waals surface area contributed by atoms with Crippen molar-refractivity contribution >= 4 is 11.6 Å². The van der Waals surface area contributed by atoms with E-state index >= 15 is 0 Å². The maximum Gasteiger partial charge on any atom is 0.265 e. The number of nitrogens with one attached hydrogen (secondary N) is 2. The fourth-order valence-electron chi connectivity index (χ4n) is 2.84. The molecule has 0 aromatic heterocycles. The van der Waals surface area contributed by atoms with Gasteiger partial charge in [0.05, 0.1) is 0 Å². The number of rotatable bonds is 2. The first-order valence-electron chi connectivity index (χ1n) is 7.34. The number of amides is 1. The summed E-state index contributed by atoms with van der Waals surface area (Å²) >= 11 is 0. The van der Waals surface area contributed by atoms with E-state index in [9.17, 15) is 4.79 Å². The molecule has 0 aliphatic carbocycles. The largest absolute Gasteiger partial charge is 0.385 e. The molecule has 0 unspecified atom stereocenters. The van der Waals surface area contributed by atoms with Crippen LogP contribution in [0, 0.1) is 0 Å². The molecule has 0 saturated carbocycles. The first kappa shape index (κ1) is 13.4. The Hall–Kier alpha value is -1.59. The van der Waals surface area contributed by atoms with Gasteiger partial charge >= 0.3 is 0 Å². The number of likely N-dealkylation sites (N-methyl/N-ethyl adjacent to an activating group) is 1. The number of hydrogen-bond acceptors (Lipinski definition) is 4. The number of hydrogen-bond donors (Lipinski definition) is 2. The van der Waals surface area contributed by atoms with Crippen LogP contribution in [0.3, 0.4) is 0 Å². The van der Waals surface area contributed by atoms with Gasteiger partial charge in [-0.25, -0.2) is 5.01 Å². The first-order chi connectivity index (χ1) is 9.74. The molecule has 5 nitrogen and oxygen atoms in total. The van der Waals surface area contributed by atoms with Crippen LogP contribution < -0.4 is 10.7 Å². The molecule has 0 atom stereocenters. The van der Waals surface area contributed by atoms with Crippen molar-refractivity contribution in [2.75, 3.05) is 45.1 Å². The minimum absolute atomic E-state index is 0.0232. The van der Waals surface area contributed by atoms with Crippen LogP contribution in [0.25, 0.3) is 0 Å². The first-order valence-corrected chi connectivity index (χ1v) is 7.34. The quantitative estimate of drug-likeness (QED) is 0.842. The second-order valence-corrected chi connectivity index (χ2v) is 5.59. The Kier molecular flexibility index (Phi) is 3.89. The van der Waals surface area contributed by atoms with E-state index in [4.69, 9.17) is 0 Å². The molecule has 1 amide bonds. The summed E-state index contributed by atoms with van der Waals surface area (Å²) < 4.78 is 0. The minimum Gasteiger partial charge on any atom is -0.385 e. The monoisotopic (exact) mass is 274 g/mol. The summed E-state index contributed by atoms with van der Waals surface area (Å²) in [5, 5.41) is 5.39. The number of carbonyl (C=O) groups is 1. The van der Waals surface area contributed by atoms with Gasteiger partial charge in [-0.05, 0) is 37.6 Å². The van der Waals surface area contributed by atoms with Gasteiger partial charge in [-0.1, -0.05) is 6.07 Å². The topological polar surface area (TPSA) is 47.6 Å². The number of nitrogens with zero attached hydrogens (tertiary/aromatic N) is 2. The average Bonchev–Trinajstić information content (AvgIpc) is 2.49. The zero-order valence-corrected chi connectivity index (χ0v) is 12.0. The Morgan fingerprint density at radius 2 is 2.05 bits per heavy atom. The molecule has 2 N–H and O–H groups in total. The molecule has 2 heterocycles.